The Labute approximate surface area is 200 Å². The largest absolute Gasteiger partial charge is 0.481 e. The van der Waals surface area contributed by atoms with Gasteiger partial charge in [0.05, 0.1) is 0 Å². The molecule has 2 N–H and O–H groups in total. The molecule has 2 atom stereocenters. The number of rotatable bonds is 6. The number of carboxylic acid groups (broad SMARTS) is 1. The molecule has 0 saturated carbocycles. The van der Waals surface area contributed by atoms with Gasteiger partial charge in [-0.15, -0.1) is 0 Å². The molecule has 6 nitrogen and oxygen atoms in total. The van der Waals surface area contributed by atoms with E-state index in [0.29, 0.717) is 11.6 Å². The maximum absolute atomic E-state index is 12.7. The fraction of sp³-hybridized carbons (Fsp3) is 0.357. The minimum absolute atomic E-state index is 0.102. The smallest absolute Gasteiger partial charge is 0.312 e. The average molecular weight is 458 g/mol. The molecule has 2 aliphatic heterocycles. The molecule has 2 fully saturated rings. The first kappa shape index (κ1) is 22.4. The van der Waals surface area contributed by atoms with Gasteiger partial charge in [-0.2, -0.15) is 0 Å². The summed E-state index contributed by atoms with van der Waals surface area (Å²) in [7, 11) is 0. The molecule has 3 aromatic rings. The van der Waals surface area contributed by atoms with Crippen molar-refractivity contribution in [2.24, 2.45) is 5.41 Å². The molecule has 5 rings (SSSR count). The van der Waals surface area contributed by atoms with Crippen LogP contribution in [0, 0.1) is 5.41 Å². The molecular weight excluding hydrogens is 426 g/mol. The SMILES string of the molecule is C[C@@H](NC1CCN(c2ccc(C(=O)N3CC(C)(C(=O)O)C3)cc2)C1)c1cccc2ccccc12. The third kappa shape index (κ3) is 4.14. The first-order valence-electron chi connectivity index (χ1n) is 12.0. The second-order valence-electron chi connectivity index (χ2n) is 9.96. The zero-order chi connectivity index (χ0) is 23.9. The first-order chi connectivity index (χ1) is 16.3. The van der Waals surface area contributed by atoms with Crippen molar-refractivity contribution in [1.29, 1.82) is 0 Å². The highest BCUT2D eigenvalue weighted by atomic mass is 16.4. The number of carboxylic acids is 1. The van der Waals surface area contributed by atoms with Crippen LogP contribution in [-0.4, -0.2) is 54.1 Å². The highest BCUT2D eigenvalue weighted by molar-refractivity contribution is 5.96. The second-order valence-corrected chi connectivity index (χ2v) is 9.96. The number of benzene rings is 3. The molecule has 1 unspecified atom stereocenters. The van der Waals surface area contributed by atoms with E-state index in [4.69, 9.17) is 0 Å². The molecule has 34 heavy (non-hydrogen) atoms. The summed E-state index contributed by atoms with van der Waals surface area (Å²) in [5, 5.41) is 15.6. The van der Waals surface area contributed by atoms with E-state index >= 15 is 0 Å². The van der Waals surface area contributed by atoms with Crippen molar-refractivity contribution in [3.05, 3.63) is 77.9 Å². The highest BCUT2D eigenvalue weighted by Crippen LogP contribution is 2.32. The fourth-order valence-corrected chi connectivity index (χ4v) is 5.27. The molecule has 0 aliphatic carbocycles. The van der Waals surface area contributed by atoms with Crippen LogP contribution in [0.2, 0.25) is 0 Å². The van der Waals surface area contributed by atoms with Gasteiger partial charge in [0.25, 0.3) is 5.91 Å². The molecule has 0 aromatic heterocycles. The van der Waals surface area contributed by atoms with Crippen molar-refractivity contribution >= 4 is 28.3 Å². The fourth-order valence-electron chi connectivity index (χ4n) is 5.27. The van der Waals surface area contributed by atoms with E-state index in [0.717, 1.165) is 25.2 Å². The Bertz CT molecular complexity index is 1210. The van der Waals surface area contributed by atoms with Crippen molar-refractivity contribution in [1.82, 2.24) is 10.2 Å². The van der Waals surface area contributed by atoms with E-state index < -0.39 is 11.4 Å². The van der Waals surface area contributed by atoms with Crippen LogP contribution in [-0.2, 0) is 4.79 Å². The van der Waals surface area contributed by atoms with Crippen LogP contribution in [0.15, 0.2) is 66.7 Å². The van der Waals surface area contributed by atoms with Crippen molar-refractivity contribution in [3.8, 4) is 0 Å². The topological polar surface area (TPSA) is 72.9 Å². The van der Waals surface area contributed by atoms with E-state index in [9.17, 15) is 14.7 Å². The van der Waals surface area contributed by atoms with E-state index in [-0.39, 0.29) is 25.0 Å². The summed E-state index contributed by atoms with van der Waals surface area (Å²) < 4.78 is 0. The number of anilines is 1. The van der Waals surface area contributed by atoms with Gasteiger partial charge in [0.15, 0.2) is 0 Å². The lowest BCUT2D eigenvalue weighted by Gasteiger charge is -2.44. The zero-order valence-electron chi connectivity index (χ0n) is 19.7. The molecule has 2 saturated heterocycles. The summed E-state index contributed by atoms with van der Waals surface area (Å²) in [6, 6.07) is 23.4. The molecule has 1 amide bonds. The monoisotopic (exact) mass is 457 g/mol. The van der Waals surface area contributed by atoms with Crippen LogP contribution >= 0.6 is 0 Å². The molecule has 2 aliphatic rings. The van der Waals surface area contributed by atoms with Gasteiger partial charge in [0.2, 0.25) is 0 Å². The van der Waals surface area contributed by atoms with Crippen LogP contribution in [0.25, 0.3) is 10.8 Å². The Morgan fingerprint density at radius 2 is 1.74 bits per heavy atom. The van der Waals surface area contributed by atoms with Crippen LogP contribution < -0.4 is 10.2 Å². The van der Waals surface area contributed by atoms with Crippen LogP contribution in [0.1, 0.15) is 42.2 Å². The third-order valence-electron chi connectivity index (χ3n) is 7.33. The van der Waals surface area contributed by atoms with Crippen molar-refractivity contribution in [3.63, 3.8) is 0 Å². The second kappa shape index (κ2) is 8.76. The van der Waals surface area contributed by atoms with E-state index in [2.05, 4.69) is 59.6 Å². The molecule has 0 radical (unpaired) electrons. The van der Waals surface area contributed by atoms with Crippen LogP contribution in [0.5, 0.6) is 0 Å². The number of hydrogen-bond donors (Lipinski definition) is 2. The molecule has 0 spiro atoms. The number of hydrogen-bond acceptors (Lipinski definition) is 4. The lowest BCUT2D eigenvalue weighted by Crippen LogP contribution is -2.60. The van der Waals surface area contributed by atoms with Crippen molar-refractivity contribution in [2.75, 3.05) is 31.1 Å². The molecule has 176 valence electrons. The van der Waals surface area contributed by atoms with Gasteiger partial charge < -0.3 is 20.2 Å². The van der Waals surface area contributed by atoms with E-state index in [1.165, 1.54) is 16.3 Å². The highest BCUT2D eigenvalue weighted by Gasteiger charge is 2.47. The Morgan fingerprint density at radius 3 is 2.47 bits per heavy atom. The standard InChI is InChI=1S/C28H31N3O3/c1-19(24-9-5-7-20-6-3-4-8-25(20)24)29-22-14-15-30(16-22)23-12-10-21(11-13-23)26(32)31-17-28(2,18-31)27(33)34/h3-13,19,22,29H,14-18H2,1-2H3,(H,33,34)/t19-,22?/m1/s1. The molecular formula is C28H31N3O3. The summed E-state index contributed by atoms with van der Waals surface area (Å²) in [6.07, 6.45) is 1.07. The lowest BCUT2D eigenvalue weighted by molar-refractivity contribution is -0.155. The van der Waals surface area contributed by atoms with Crippen LogP contribution in [0.4, 0.5) is 5.69 Å². The van der Waals surface area contributed by atoms with Crippen LogP contribution in [0.3, 0.4) is 0 Å². The maximum atomic E-state index is 12.7. The molecule has 2 heterocycles. The Balaban J connectivity index is 1.19. The Hall–Kier alpha value is -3.38. The maximum Gasteiger partial charge on any atom is 0.312 e. The summed E-state index contributed by atoms with van der Waals surface area (Å²) in [6.45, 7) is 6.33. The molecule has 3 aromatic carbocycles. The Kier molecular flexibility index (Phi) is 5.78. The number of nitrogens with zero attached hydrogens (tertiary/aromatic N) is 2. The zero-order valence-corrected chi connectivity index (χ0v) is 19.7. The number of carbonyl (C=O) groups is 2. The number of fused-ring (bicyclic) bond motifs is 1. The minimum Gasteiger partial charge on any atom is -0.481 e. The summed E-state index contributed by atoms with van der Waals surface area (Å²) >= 11 is 0. The van der Waals surface area contributed by atoms with Crippen molar-refractivity contribution < 1.29 is 14.7 Å². The summed E-state index contributed by atoms with van der Waals surface area (Å²) in [5.41, 5.74) is 2.22. The van der Waals surface area contributed by atoms with Gasteiger partial charge in [0, 0.05) is 49.5 Å². The van der Waals surface area contributed by atoms with E-state index in [1.807, 2.05) is 24.3 Å². The number of likely N-dealkylation sites (tertiary alicyclic amines) is 1. The normalized spacial score (nSPS) is 20.2. The van der Waals surface area contributed by atoms with Gasteiger partial charge >= 0.3 is 5.97 Å². The first-order valence-corrected chi connectivity index (χ1v) is 12.0. The predicted octanol–water partition coefficient (Wildman–Crippen LogP) is 4.32. The minimum atomic E-state index is -0.848. The van der Waals surface area contributed by atoms with E-state index in [1.54, 1.807) is 11.8 Å². The van der Waals surface area contributed by atoms with Crippen molar-refractivity contribution in [2.45, 2.75) is 32.4 Å². The molecule has 6 heteroatoms. The number of aliphatic carboxylic acids is 1. The molecule has 0 bridgehead atoms. The number of amides is 1. The summed E-state index contributed by atoms with van der Waals surface area (Å²) in [5.74, 6) is -0.950. The van der Waals surface area contributed by atoms with Gasteiger partial charge in [0.1, 0.15) is 5.41 Å². The predicted molar refractivity (Wildman–Crippen MR) is 134 cm³/mol. The number of nitrogens with one attached hydrogen (secondary N) is 1. The Morgan fingerprint density at radius 1 is 1.03 bits per heavy atom. The quantitative estimate of drug-likeness (QED) is 0.577. The van der Waals surface area contributed by atoms with Gasteiger partial charge in [-0.3, -0.25) is 9.59 Å². The summed E-state index contributed by atoms with van der Waals surface area (Å²) in [4.78, 5) is 27.9. The van der Waals surface area contributed by atoms with Gasteiger partial charge in [-0.1, -0.05) is 42.5 Å². The number of carbonyl (C=O) groups excluding carboxylic acids is 1. The van der Waals surface area contributed by atoms with Gasteiger partial charge in [-0.25, -0.2) is 0 Å². The lowest BCUT2D eigenvalue weighted by atomic mass is 9.81. The van der Waals surface area contributed by atoms with Gasteiger partial charge in [-0.05, 0) is 60.9 Å². The third-order valence-corrected chi connectivity index (χ3v) is 7.33. The average Bonchev–Trinajstić information content (AvgIpc) is 3.29.